The average Bonchev–Trinajstić information content (AvgIpc) is 2.63. The van der Waals surface area contributed by atoms with Crippen LogP contribution in [0.2, 0.25) is 0 Å². The molecule has 0 aromatic heterocycles. The summed E-state index contributed by atoms with van der Waals surface area (Å²) in [6.45, 7) is 8.05. The number of esters is 1. The predicted molar refractivity (Wildman–Crippen MR) is 72.7 cm³/mol. The van der Waals surface area contributed by atoms with Crippen molar-refractivity contribution in [2.24, 2.45) is 23.2 Å². The molecule has 6 atom stereocenters. The monoisotopic (exact) mass is 296 g/mol. The van der Waals surface area contributed by atoms with Crippen molar-refractivity contribution in [3.63, 3.8) is 0 Å². The van der Waals surface area contributed by atoms with Crippen molar-refractivity contribution >= 4 is 5.97 Å². The molecule has 5 fully saturated rings. The van der Waals surface area contributed by atoms with Gasteiger partial charge in [0.25, 0.3) is 0 Å². The van der Waals surface area contributed by atoms with E-state index in [4.69, 9.17) is 19.2 Å². The van der Waals surface area contributed by atoms with Crippen LogP contribution in [0.4, 0.5) is 0 Å². The van der Waals surface area contributed by atoms with Crippen molar-refractivity contribution in [1.82, 2.24) is 0 Å². The van der Waals surface area contributed by atoms with Gasteiger partial charge in [0.1, 0.15) is 0 Å². The van der Waals surface area contributed by atoms with Crippen LogP contribution in [0.15, 0.2) is 0 Å². The highest BCUT2D eigenvalue weighted by molar-refractivity contribution is 5.78. The van der Waals surface area contributed by atoms with Crippen LogP contribution < -0.4 is 0 Å². The molecule has 0 aromatic carbocycles. The highest BCUT2D eigenvalue weighted by Gasteiger charge is 2.72. The van der Waals surface area contributed by atoms with E-state index in [-0.39, 0.29) is 11.9 Å². The molecule has 5 heteroatoms. The molecule has 0 unspecified atom stereocenters. The molecule has 1 spiro atoms. The fraction of sp³-hybridized carbons (Fsp3) is 0.938. The van der Waals surface area contributed by atoms with Crippen LogP contribution in [0.1, 0.15) is 53.4 Å². The number of hydrogen-bond acceptors (Lipinski definition) is 5. The molecule has 5 aliphatic rings. The highest BCUT2D eigenvalue weighted by atomic mass is 17.3. The van der Waals surface area contributed by atoms with Gasteiger partial charge in [0.2, 0.25) is 12.1 Å². The first kappa shape index (κ1) is 14.0. The van der Waals surface area contributed by atoms with Crippen LogP contribution >= 0.6 is 0 Å². The van der Waals surface area contributed by atoms with Crippen molar-refractivity contribution in [2.45, 2.75) is 71.1 Å². The standard InChI is InChI=1S/C16H24O5/c1-9-5-6-11-14(2,3)12(17)18-13-16(11)10(9)7-8-15(4,19-13)20-21-16/h9-11,13H,5-8H2,1-4H3/t9-,10+,11+,13-,15-,16-/m1/s1. The molecule has 4 saturated heterocycles. The molecular formula is C16H24O5. The molecule has 0 N–H and O–H groups in total. The molecule has 4 heterocycles. The van der Waals surface area contributed by atoms with Gasteiger partial charge in [-0.2, -0.15) is 0 Å². The number of ether oxygens (including phenoxy) is 2. The van der Waals surface area contributed by atoms with E-state index >= 15 is 0 Å². The van der Waals surface area contributed by atoms with Crippen molar-refractivity contribution in [2.75, 3.05) is 0 Å². The Balaban J connectivity index is 1.87. The number of carbonyl (C=O) groups is 1. The van der Waals surface area contributed by atoms with Gasteiger partial charge < -0.3 is 9.47 Å². The third kappa shape index (κ3) is 1.60. The summed E-state index contributed by atoms with van der Waals surface area (Å²) in [6, 6.07) is 0. The van der Waals surface area contributed by atoms with Gasteiger partial charge in [0.05, 0.1) is 5.41 Å². The van der Waals surface area contributed by atoms with Gasteiger partial charge in [-0.3, -0.25) is 4.79 Å². The second-order valence-electron chi connectivity index (χ2n) is 7.98. The smallest absolute Gasteiger partial charge is 0.314 e. The van der Waals surface area contributed by atoms with Crippen molar-refractivity contribution in [1.29, 1.82) is 0 Å². The highest BCUT2D eigenvalue weighted by Crippen LogP contribution is 2.62. The first-order valence-corrected chi connectivity index (χ1v) is 8.05. The zero-order chi connectivity index (χ0) is 15.0. The quantitative estimate of drug-likeness (QED) is 0.508. The number of rotatable bonds is 0. The molecular weight excluding hydrogens is 272 g/mol. The van der Waals surface area contributed by atoms with Crippen molar-refractivity contribution in [3.8, 4) is 0 Å². The molecule has 118 valence electrons. The van der Waals surface area contributed by atoms with Crippen LogP contribution in [0.25, 0.3) is 0 Å². The molecule has 0 amide bonds. The maximum absolute atomic E-state index is 12.4. The van der Waals surface area contributed by atoms with Gasteiger partial charge in [-0.05, 0) is 46.0 Å². The van der Waals surface area contributed by atoms with Gasteiger partial charge in [-0.25, -0.2) is 9.78 Å². The molecule has 0 radical (unpaired) electrons. The van der Waals surface area contributed by atoms with Crippen LogP contribution in [0, 0.1) is 23.2 Å². The van der Waals surface area contributed by atoms with Gasteiger partial charge >= 0.3 is 5.97 Å². The molecule has 2 bridgehead atoms. The third-order valence-corrected chi connectivity index (χ3v) is 6.33. The van der Waals surface area contributed by atoms with E-state index in [1.807, 2.05) is 20.8 Å². The Kier molecular flexibility index (Phi) is 2.66. The minimum absolute atomic E-state index is 0.0695. The summed E-state index contributed by atoms with van der Waals surface area (Å²) in [7, 11) is 0. The lowest BCUT2D eigenvalue weighted by molar-refractivity contribution is -0.561. The summed E-state index contributed by atoms with van der Waals surface area (Å²) in [5.41, 5.74) is -1.22. The summed E-state index contributed by atoms with van der Waals surface area (Å²) >= 11 is 0. The van der Waals surface area contributed by atoms with E-state index in [9.17, 15) is 4.79 Å². The molecule has 1 aliphatic carbocycles. The van der Waals surface area contributed by atoms with Crippen LogP contribution in [-0.2, 0) is 24.0 Å². The summed E-state index contributed by atoms with van der Waals surface area (Å²) in [5.74, 6) is -0.0996. The van der Waals surface area contributed by atoms with Crippen molar-refractivity contribution in [3.05, 3.63) is 0 Å². The van der Waals surface area contributed by atoms with Crippen molar-refractivity contribution < 1.29 is 24.0 Å². The molecule has 5 rings (SSSR count). The largest absolute Gasteiger partial charge is 0.432 e. The Labute approximate surface area is 125 Å². The first-order valence-electron chi connectivity index (χ1n) is 8.05. The van der Waals surface area contributed by atoms with E-state index in [0.29, 0.717) is 11.8 Å². The molecule has 0 aromatic rings. The maximum atomic E-state index is 12.4. The number of carbonyl (C=O) groups excluding carboxylic acids is 1. The zero-order valence-electron chi connectivity index (χ0n) is 13.2. The first-order chi connectivity index (χ1) is 9.80. The van der Waals surface area contributed by atoms with Crippen LogP contribution in [0.3, 0.4) is 0 Å². The minimum atomic E-state index is -0.806. The summed E-state index contributed by atoms with van der Waals surface area (Å²) in [4.78, 5) is 24.1. The molecule has 5 nitrogen and oxygen atoms in total. The van der Waals surface area contributed by atoms with Crippen LogP contribution in [0.5, 0.6) is 0 Å². The van der Waals surface area contributed by atoms with E-state index in [0.717, 1.165) is 25.7 Å². The van der Waals surface area contributed by atoms with E-state index < -0.39 is 23.1 Å². The second kappa shape index (κ2) is 4.00. The van der Waals surface area contributed by atoms with Gasteiger partial charge in [0.15, 0.2) is 5.60 Å². The summed E-state index contributed by atoms with van der Waals surface area (Å²) in [6.07, 6.45) is 3.17. The SMILES string of the molecule is C[C@@H]1CC[C@H]2C(C)(C)C(=O)O[C@@H]3O[C@@]4(C)CC[C@@H]1[C@]32OO4. The third-order valence-electron chi connectivity index (χ3n) is 6.33. The Bertz CT molecular complexity index is 489. The van der Waals surface area contributed by atoms with Gasteiger partial charge in [-0.15, -0.1) is 0 Å². The molecule has 1 saturated carbocycles. The van der Waals surface area contributed by atoms with Crippen LogP contribution in [-0.4, -0.2) is 23.6 Å². The summed E-state index contributed by atoms with van der Waals surface area (Å²) in [5, 5.41) is 0. The lowest BCUT2D eigenvalue weighted by atomic mass is 9.54. The van der Waals surface area contributed by atoms with Gasteiger partial charge in [0, 0.05) is 18.3 Å². The Morgan fingerprint density at radius 1 is 1.10 bits per heavy atom. The topological polar surface area (TPSA) is 54.0 Å². The summed E-state index contributed by atoms with van der Waals surface area (Å²) < 4.78 is 11.7. The average molecular weight is 296 g/mol. The Morgan fingerprint density at radius 3 is 2.62 bits per heavy atom. The lowest BCUT2D eigenvalue weighted by Crippen LogP contribution is -2.71. The normalized spacial score (nSPS) is 54.6. The fourth-order valence-corrected chi connectivity index (χ4v) is 5.02. The van der Waals surface area contributed by atoms with E-state index in [1.54, 1.807) is 0 Å². The van der Waals surface area contributed by atoms with E-state index in [2.05, 4.69) is 6.92 Å². The fourth-order valence-electron chi connectivity index (χ4n) is 5.02. The van der Waals surface area contributed by atoms with E-state index in [1.165, 1.54) is 0 Å². The maximum Gasteiger partial charge on any atom is 0.314 e. The zero-order valence-corrected chi connectivity index (χ0v) is 13.2. The Morgan fingerprint density at radius 2 is 1.86 bits per heavy atom. The molecule has 4 aliphatic heterocycles. The predicted octanol–water partition coefficient (Wildman–Crippen LogP) is 2.79. The number of fused-ring (bicyclic) bond motifs is 2. The van der Waals surface area contributed by atoms with Gasteiger partial charge in [-0.1, -0.05) is 6.92 Å². The molecule has 21 heavy (non-hydrogen) atoms. The Hall–Kier alpha value is -0.650. The number of hydrogen-bond donors (Lipinski definition) is 0. The lowest BCUT2D eigenvalue weighted by Gasteiger charge is -2.60. The minimum Gasteiger partial charge on any atom is -0.432 e. The second-order valence-corrected chi connectivity index (χ2v) is 7.98.